The van der Waals surface area contributed by atoms with Crippen molar-refractivity contribution in [3.63, 3.8) is 0 Å². The molecular formula is C24H19N3O5. The van der Waals surface area contributed by atoms with Gasteiger partial charge in [0.15, 0.2) is 11.5 Å². The van der Waals surface area contributed by atoms with Crippen LogP contribution in [0.1, 0.15) is 23.6 Å². The number of fused-ring (bicyclic) bond motifs is 1. The number of phenols is 1. The summed E-state index contributed by atoms with van der Waals surface area (Å²) >= 11 is 0. The second-order valence-electron chi connectivity index (χ2n) is 6.96. The molecule has 0 saturated carbocycles. The molecule has 2 N–H and O–H groups in total. The molecule has 0 unspecified atom stereocenters. The second-order valence-corrected chi connectivity index (χ2v) is 6.96. The fraction of sp³-hybridized carbons (Fsp3) is 0.0833. The maximum Gasteiger partial charge on any atom is 0.274 e. The van der Waals surface area contributed by atoms with Crippen LogP contribution in [0.15, 0.2) is 77.4 Å². The minimum absolute atomic E-state index is 0.00694. The highest BCUT2D eigenvalue weighted by molar-refractivity contribution is 6.23. The van der Waals surface area contributed by atoms with Gasteiger partial charge in [-0.2, -0.15) is 0 Å². The molecule has 0 saturated heterocycles. The Morgan fingerprint density at radius 1 is 1.12 bits per heavy atom. The summed E-state index contributed by atoms with van der Waals surface area (Å²) in [5.41, 5.74) is 2.61. The van der Waals surface area contributed by atoms with Crippen molar-refractivity contribution in [3.05, 3.63) is 99.2 Å². The van der Waals surface area contributed by atoms with Crippen molar-refractivity contribution in [2.75, 3.05) is 11.9 Å². The van der Waals surface area contributed by atoms with Crippen molar-refractivity contribution >= 4 is 29.1 Å². The third-order valence-corrected chi connectivity index (χ3v) is 4.82. The number of nitro benzene ring substituents is 1. The summed E-state index contributed by atoms with van der Waals surface area (Å²) in [6.07, 6.45) is 1.57. The molecule has 8 nitrogen and oxygen atoms in total. The van der Waals surface area contributed by atoms with Crippen LogP contribution in [0.25, 0.3) is 6.08 Å². The van der Waals surface area contributed by atoms with Crippen LogP contribution in [0.2, 0.25) is 0 Å². The van der Waals surface area contributed by atoms with Crippen molar-refractivity contribution in [2.45, 2.75) is 6.92 Å². The number of aromatic hydroxyl groups is 1. The topological polar surface area (TPSA) is 114 Å². The SMILES string of the molecule is CCOc1cc(/C=C2/N=C(c3ccccc3)c3cc([N+](=O)[O-])ccc3NC2=O)ccc1O. The van der Waals surface area contributed by atoms with Gasteiger partial charge in [-0.05, 0) is 36.8 Å². The Balaban J connectivity index is 1.89. The van der Waals surface area contributed by atoms with Crippen molar-refractivity contribution < 1.29 is 19.6 Å². The molecule has 3 aromatic carbocycles. The highest BCUT2D eigenvalue weighted by Crippen LogP contribution is 2.31. The minimum Gasteiger partial charge on any atom is -0.504 e. The smallest absolute Gasteiger partial charge is 0.274 e. The normalized spacial score (nSPS) is 14.2. The Morgan fingerprint density at radius 2 is 1.91 bits per heavy atom. The van der Waals surface area contributed by atoms with E-state index in [2.05, 4.69) is 10.3 Å². The van der Waals surface area contributed by atoms with Crippen LogP contribution in [0.3, 0.4) is 0 Å². The first-order valence-corrected chi connectivity index (χ1v) is 9.88. The summed E-state index contributed by atoms with van der Waals surface area (Å²) in [5.74, 6) is -0.174. The summed E-state index contributed by atoms with van der Waals surface area (Å²) < 4.78 is 5.42. The van der Waals surface area contributed by atoms with Gasteiger partial charge in [0.2, 0.25) is 0 Å². The zero-order chi connectivity index (χ0) is 22.7. The number of carbonyl (C=O) groups excluding carboxylic acids is 1. The van der Waals surface area contributed by atoms with Crippen LogP contribution in [0, 0.1) is 10.1 Å². The molecule has 1 aliphatic heterocycles. The van der Waals surface area contributed by atoms with Gasteiger partial charge in [-0.3, -0.25) is 14.9 Å². The summed E-state index contributed by atoms with van der Waals surface area (Å²) in [7, 11) is 0. The van der Waals surface area contributed by atoms with Crippen LogP contribution < -0.4 is 10.1 Å². The molecule has 32 heavy (non-hydrogen) atoms. The molecule has 0 atom stereocenters. The van der Waals surface area contributed by atoms with E-state index in [1.165, 1.54) is 24.3 Å². The largest absolute Gasteiger partial charge is 0.504 e. The van der Waals surface area contributed by atoms with Crippen LogP contribution >= 0.6 is 0 Å². The zero-order valence-electron chi connectivity index (χ0n) is 17.1. The van der Waals surface area contributed by atoms with Crippen LogP contribution in [-0.4, -0.2) is 28.3 Å². The first-order valence-electron chi connectivity index (χ1n) is 9.88. The van der Waals surface area contributed by atoms with E-state index in [9.17, 15) is 20.0 Å². The van der Waals surface area contributed by atoms with Crippen molar-refractivity contribution in [1.29, 1.82) is 0 Å². The van der Waals surface area contributed by atoms with Crippen LogP contribution in [0.5, 0.6) is 11.5 Å². The summed E-state index contributed by atoms with van der Waals surface area (Å²) in [4.78, 5) is 28.4. The zero-order valence-corrected chi connectivity index (χ0v) is 17.1. The average molecular weight is 429 g/mol. The third kappa shape index (κ3) is 4.20. The fourth-order valence-electron chi connectivity index (χ4n) is 3.33. The Labute approximate surface area is 183 Å². The molecule has 0 spiro atoms. The number of nitro groups is 1. The molecule has 0 radical (unpaired) electrons. The number of carbonyl (C=O) groups is 1. The first kappa shape index (κ1) is 20.8. The molecule has 1 amide bonds. The number of nitrogens with one attached hydrogen (secondary N) is 1. The van der Waals surface area contributed by atoms with Gasteiger partial charge in [0.05, 0.1) is 22.9 Å². The predicted molar refractivity (Wildman–Crippen MR) is 121 cm³/mol. The van der Waals surface area contributed by atoms with Gasteiger partial charge >= 0.3 is 0 Å². The number of nitrogens with zero attached hydrogens (tertiary/aromatic N) is 2. The molecule has 0 fully saturated rings. The number of rotatable bonds is 5. The lowest BCUT2D eigenvalue weighted by atomic mass is 10.00. The molecule has 1 heterocycles. The molecule has 0 bridgehead atoms. The van der Waals surface area contributed by atoms with Gasteiger partial charge < -0.3 is 15.2 Å². The van der Waals surface area contributed by atoms with Crippen LogP contribution in [-0.2, 0) is 4.79 Å². The third-order valence-electron chi connectivity index (χ3n) is 4.82. The van der Waals surface area contributed by atoms with Gasteiger partial charge in [-0.1, -0.05) is 36.4 Å². The predicted octanol–water partition coefficient (Wildman–Crippen LogP) is 4.53. The lowest BCUT2D eigenvalue weighted by molar-refractivity contribution is -0.384. The van der Waals surface area contributed by atoms with E-state index in [1.54, 1.807) is 25.1 Å². The van der Waals surface area contributed by atoms with Gasteiger partial charge in [0, 0.05) is 23.3 Å². The number of benzodiazepines with no additional fused rings is 1. The average Bonchev–Trinajstić information content (AvgIpc) is 2.92. The fourth-order valence-corrected chi connectivity index (χ4v) is 3.33. The lowest BCUT2D eigenvalue weighted by Gasteiger charge is -2.09. The van der Waals surface area contributed by atoms with Crippen LogP contribution in [0.4, 0.5) is 11.4 Å². The van der Waals surface area contributed by atoms with E-state index >= 15 is 0 Å². The number of non-ortho nitro benzene ring substituents is 1. The van der Waals surface area contributed by atoms with E-state index in [-0.39, 0.29) is 17.1 Å². The molecule has 8 heteroatoms. The highest BCUT2D eigenvalue weighted by atomic mass is 16.6. The Kier molecular flexibility index (Phi) is 5.67. The second kappa shape index (κ2) is 8.73. The van der Waals surface area contributed by atoms with Gasteiger partial charge in [-0.15, -0.1) is 0 Å². The summed E-state index contributed by atoms with van der Waals surface area (Å²) in [5, 5.41) is 24.1. The Hall–Kier alpha value is -4.46. The van der Waals surface area contributed by atoms with Gasteiger partial charge in [-0.25, -0.2) is 4.99 Å². The molecular weight excluding hydrogens is 410 g/mol. The first-order chi connectivity index (χ1) is 15.5. The lowest BCUT2D eigenvalue weighted by Crippen LogP contribution is -2.12. The maximum absolute atomic E-state index is 13.0. The molecule has 3 aromatic rings. The standard InChI is InChI=1S/C24H19N3O5/c1-2-32-22-13-15(8-11-21(22)28)12-20-24(29)26-19-10-9-17(27(30)31)14-18(19)23(25-20)16-6-4-3-5-7-16/h3-14,28H,2H2,1H3,(H,26,29)/b20-12+. The minimum atomic E-state index is -0.488. The van der Waals surface area contributed by atoms with E-state index in [1.807, 2.05) is 30.3 Å². The monoisotopic (exact) mass is 429 g/mol. The molecule has 1 aliphatic rings. The highest BCUT2D eigenvalue weighted by Gasteiger charge is 2.24. The number of hydrogen-bond acceptors (Lipinski definition) is 6. The summed E-state index contributed by atoms with van der Waals surface area (Å²) in [6, 6.07) is 18.1. The molecule has 4 rings (SSSR count). The van der Waals surface area contributed by atoms with Crippen molar-refractivity contribution in [1.82, 2.24) is 0 Å². The quantitative estimate of drug-likeness (QED) is 0.351. The van der Waals surface area contributed by atoms with Crippen molar-refractivity contribution in [3.8, 4) is 11.5 Å². The number of anilines is 1. The van der Waals surface area contributed by atoms with E-state index in [0.717, 1.165) is 0 Å². The van der Waals surface area contributed by atoms with Gasteiger partial charge in [0.1, 0.15) is 5.70 Å². The number of aliphatic imine (C=N–C) groups is 1. The Morgan fingerprint density at radius 3 is 2.62 bits per heavy atom. The molecule has 0 aliphatic carbocycles. The number of ether oxygens (including phenoxy) is 1. The Bertz CT molecular complexity index is 1270. The summed E-state index contributed by atoms with van der Waals surface area (Å²) in [6.45, 7) is 2.18. The number of amides is 1. The van der Waals surface area contributed by atoms with Gasteiger partial charge in [0.25, 0.3) is 11.6 Å². The number of benzene rings is 3. The number of phenolic OH excluding ortho intramolecular Hbond substituents is 1. The van der Waals surface area contributed by atoms with E-state index in [4.69, 9.17) is 4.74 Å². The molecule has 160 valence electrons. The van der Waals surface area contributed by atoms with Crippen molar-refractivity contribution in [2.24, 2.45) is 4.99 Å². The number of hydrogen-bond donors (Lipinski definition) is 2. The van der Waals surface area contributed by atoms with E-state index in [0.29, 0.717) is 40.4 Å². The molecule has 0 aromatic heterocycles. The van der Waals surface area contributed by atoms with E-state index < -0.39 is 10.8 Å². The maximum atomic E-state index is 13.0.